The third-order valence-corrected chi connectivity index (χ3v) is 5.08. The summed E-state index contributed by atoms with van der Waals surface area (Å²) >= 11 is 0. The maximum absolute atomic E-state index is 12.9. The molecule has 0 aliphatic carbocycles. The minimum atomic E-state index is -0.0398. The first-order valence-electron chi connectivity index (χ1n) is 9.06. The number of imidazole rings is 1. The van der Waals surface area contributed by atoms with Crippen molar-refractivity contribution in [2.45, 2.75) is 0 Å². The van der Waals surface area contributed by atoms with Gasteiger partial charge in [0.1, 0.15) is 23.2 Å². The van der Waals surface area contributed by atoms with E-state index >= 15 is 0 Å². The Hall–Kier alpha value is -3.69. The van der Waals surface area contributed by atoms with Gasteiger partial charge in [-0.05, 0) is 18.2 Å². The number of aromatic nitrogens is 7. The predicted molar refractivity (Wildman–Crippen MR) is 103 cm³/mol. The molecule has 0 spiro atoms. The molecule has 0 bridgehead atoms. The van der Waals surface area contributed by atoms with E-state index in [1.807, 2.05) is 40.9 Å². The molecule has 1 aliphatic heterocycles. The Kier molecular flexibility index (Phi) is 3.81. The lowest BCUT2D eigenvalue weighted by Gasteiger charge is -2.35. The highest BCUT2D eigenvalue weighted by Crippen LogP contribution is 2.22. The molecule has 0 aromatic carbocycles. The molecule has 10 heteroatoms. The highest BCUT2D eigenvalue weighted by atomic mass is 16.2. The molecule has 142 valence electrons. The SMILES string of the molecule is Cn1cccc1-c1cc(C(=O)N2CCN(c3ncnc4nc[nH]c34)CC2)[nH]n1. The van der Waals surface area contributed by atoms with Gasteiger partial charge < -0.3 is 19.4 Å². The van der Waals surface area contributed by atoms with Gasteiger partial charge in [-0.3, -0.25) is 9.89 Å². The average molecular weight is 377 g/mol. The number of hydrogen-bond donors (Lipinski definition) is 2. The maximum Gasteiger partial charge on any atom is 0.272 e. The Morgan fingerprint density at radius 3 is 2.79 bits per heavy atom. The Morgan fingerprint density at radius 1 is 1.14 bits per heavy atom. The monoisotopic (exact) mass is 377 g/mol. The van der Waals surface area contributed by atoms with Crippen LogP contribution in [0.5, 0.6) is 0 Å². The number of aromatic amines is 2. The molecule has 5 heterocycles. The van der Waals surface area contributed by atoms with E-state index in [0.29, 0.717) is 37.5 Å². The summed E-state index contributed by atoms with van der Waals surface area (Å²) in [7, 11) is 1.95. The number of fused-ring (bicyclic) bond motifs is 1. The highest BCUT2D eigenvalue weighted by molar-refractivity contribution is 5.93. The fraction of sp³-hybridized carbons (Fsp3) is 0.278. The van der Waals surface area contributed by atoms with E-state index in [9.17, 15) is 4.79 Å². The summed E-state index contributed by atoms with van der Waals surface area (Å²) in [6.45, 7) is 2.60. The van der Waals surface area contributed by atoms with Crippen LogP contribution in [0, 0.1) is 0 Å². The van der Waals surface area contributed by atoms with Crippen molar-refractivity contribution < 1.29 is 4.79 Å². The van der Waals surface area contributed by atoms with Gasteiger partial charge in [-0.15, -0.1) is 0 Å². The van der Waals surface area contributed by atoms with Crippen LogP contribution in [0.3, 0.4) is 0 Å². The van der Waals surface area contributed by atoms with E-state index in [2.05, 4.69) is 35.0 Å². The van der Waals surface area contributed by atoms with E-state index in [1.165, 1.54) is 6.33 Å². The Bertz CT molecular complexity index is 1130. The zero-order valence-corrected chi connectivity index (χ0v) is 15.3. The Morgan fingerprint density at radius 2 is 2.00 bits per heavy atom. The molecule has 1 aliphatic rings. The van der Waals surface area contributed by atoms with Crippen LogP contribution in [0.1, 0.15) is 10.5 Å². The van der Waals surface area contributed by atoms with Crippen LogP contribution in [-0.4, -0.2) is 71.7 Å². The third kappa shape index (κ3) is 2.70. The van der Waals surface area contributed by atoms with Gasteiger partial charge in [0.2, 0.25) is 0 Å². The van der Waals surface area contributed by atoms with Gasteiger partial charge in [-0.2, -0.15) is 5.10 Å². The van der Waals surface area contributed by atoms with Crippen LogP contribution in [0.2, 0.25) is 0 Å². The predicted octanol–water partition coefficient (Wildman–Crippen LogP) is 1.04. The first kappa shape index (κ1) is 16.5. The number of hydrogen-bond acceptors (Lipinski definition) is 6. The smallest absolute Gasteiger partial charge is 0.272 e. The van der Waals surface area contributed by atoms with Crippen molar-refractivity contribution >= 4 is 22.9 Å². The van der Waals surface area contributed by atoms with E-state index < -0.39 is 0 Å². The number of piperazine rings is 1. The molecule has 2 N–H and O–H groups in total. The highest BCUT2D eigenvalue weighted by Gasteiger charge is 2.25. The standard InChI is InChI=1S/C18H19N9O/c1-25-4-2-3-14(25)12-9-13(24-23-12)18(28)27-7-5-26(6-8-27)17-15-16(20-10-19-15)21-11-22-17/h2-4,9-11H,5-8H2,1H3,(H,23,24)(H,19,20,21,22). The lowest BCUT2D eigenvalue weighted by atomic mass is 10.2. The van der Waals surface area contributed by atoms with Crippen LogP contribution < -0.4 is 4.90 Å². The van der Waals surface area contributed by atoms with Crippen molar-refractivity contribution in [2.24, 2.45) is 7.05 Å². The summed E-state index contributed by atoms with van der Waals surface area (Å²) in [5, 5.41) is 7.17. The summed E-state index contributed by atoms with van der Waals surface area (Å²) in [4.78, 5) is 32.7. The molecule has 0 atom stereocenters. The van der Waals surface area contributed by atoms with Crippen molar-refractivity contribution in [1.29, 1.82) is 0 Å². The maximum atomic E-state index is 12.9. The quantitative estimate of drug-likeness (QED) is 0.552. The van der Waals surface area contributed by atoms with Crippen LogP contribution in [0.25, 0.3) is 22.6 Å². The van der Waals surface area contributed by atoms with Crippen LogP contribution >= 0.6 is 0 Å². The van der Waals surface area contributed by atoms with Crippen LogP contribution in [-0.2, 0) is 7.05 Å². The molecule has 1 amide bonds. The van der Waals surface area contributed by atoms with Crippen molar-refractivity contribution in [3.05, 3.63) is 42.7 Å². The summed E-state index contributed by atoms with van der Waals surface area (Å²) in [6.07, 6.45) is 5.09. The van der Waals surface area contributed by atoms with Gasteiger partial charge in [-0.25, -0.2) is 15.0 Å². The van der Waals surface area contributed by atoms with E-state index in [1.54, 1.807) is 6.33 Å². The summed E-state index contributed by atoms with van der Waals surface area (Å²) in [6, 6.07) is 5.73. The summed E-state index contributed by atoms with van der Waals surface area (Å²) < 4.78 is 1.97. The first-order chi connectivity index (χ1) is 13.7. The van der Waals surface area contributed by atoms with Crippen molar-refractivity contribution in [1.82, 2.24) is 39.6 Å². The minimum absolute atomic E-state index is 0.0398. The zero-order valence-electron chi connectivity index (χ0n) is 15.3. The minimum Gasteiger partial charge on any atom is -0.351 e. The molecule has 0 radical (unpaired) electrons. The number of H-pyrrole nitrogens is 2. The van der Waals surface area contributed by atoms with Crippen LogP contribution in [0.15, 0.2) is 37.1 Å². The van der Waals surface area contributed by atoms with Gasteiger partial charge in [-0.1, -0.05) is 0 Å². The number of carbonyl (C=O) groups excluding carboxylic acids is 1. The van der Waals surface area contributed by atoms with Gasteiger partial charge >= 0.3 is 0 Å². The van der Waals surface area contributed by atoms with E-state index in [4.69, 9.17) is 0 Å². The number of carbonyl (C=O) groups is 1. The molecule has 28 heavy (non-hydrogen) atoms. The lowest BCUT2D eigenvalue weighted by Crippen LogP contribution is -2.49. The van der Waals surface area contributed by atoms with Crippen molar-refractivity contribution in [3.63, 3.8) is 0 Å². The second-order valence-corrected chi connectivity index (χ2v) is 6.75. The number of amides is 1. The Balaban J connectivity index is 1.29. The van der Waals surface area contributed by atoms with Gasteiger partial charge in [0.15, 0.2) is 11.5 Å². The molecule has 1 fully saturated rings. The molecule has 0 unspecified atom stereocenters. The number of rotatable bonds is 3. The van der Waals surface area contributed by atoms with Gasteiger partial charge in [0.25, 0.3) is 5.91 Å². The van der Waals surface area contributed by atoms with Crippen LogP contribution in [0.4, 0.5) is 5.82 Å². The molecule has 1 saturated heterocycles. The van der Waals surface area contributed by atoms with E-state index in [-0.39, 0.29) is 5.91 Å². The first-order valence-corrected chi connectivity index (χ1v) is 9.06. The van der Waals surface area contributed by atoms with E-state index in [0.717, 1.165) is 22.7 Å². The molecule has 5 rings (SSSR count). The summed E-state index contributed by atoms with van der Waals surface area (Å²) in [5.74, 6) is 0.782. The molecular weight excluding hydrogens is 358 g/mol. The fourth-order valence-electron chi connectivity index (χ4n) is 3.57. The normalized spacial score (nSPS) is 14.8. The third-order valence-electron chi connectivity index (χ3n) is 5.08. The molecule has 10 nitrogen and oxygen atoms in total. The number of aryl methyl sites for hydroxylation is 1. The number of nitrogens with zero attached hydrogens (tertiary/aromatic N) is 7. The largest absolute Gasteiger partial charge is 0.351 e. The number of anilines is 1. The molecule has 4 aromatic heterocycles. The second kappa shape index (κ2) is 6.48. The lowest BCUT2D eigenvalue weighted by molar-refractivity contribution is 0.0740. The molecule has 4 aromatic rings. The van der Waals surface area contributed by atoms with Gasteiger partial charge in [0.05, 0.1) is 12.0 Å². The topological polar surface area (TPSA) is 112 Å². The average Bonchev–Trinajstić information content (AvgIpc) is 3.47. The zero-order chi connectivity index (χ0) is 19.1. The van der Waals surface area contributed by atoms with Crippen molar-refractivity contribution in [2.75, 3.05) is 31.1 Å². The summed E-state index contributed by atoms with van der Waals surface area (Å²) in [5.41, 5.74) is 3.70. The van der Waals surface area contributed by atoms with Crippen molar-refractivity contribution in [3.8, 4) is 11.4 Å². The fourth-order valence-corrected chi connectivity index (χ4v) is 3.57. The second-order valence-electron chi connectivity index (χ2n) is 6.75. The Labute approximate surface area is 160 Å². The number of nitrogens with one attached hydrogen (secondary N) is 2. The molecule has 0 saturated carbocycles. The van der Waals surface area contributed by atoms with Gasteiger partial charge in [0, 0.05) is 39.4 Å². The molecular formula is C18H19N9O.